The van der Waals surface area contributed by atoms with Crippen LogP contribution in [-0.4, -0.2) is 38.2 Å². The van der Waals surface area contributed by atoms with E-state index in [1.807, 2.05) is 0 Å². The molecule has 0 bridgehead atoms. The predicted octanol–water partition coefficient (Wildman–Crippen LogP) is 2.95. The van der Waals surface area contributed by atoms with Gasteiger partial charge in [0.05, 0.1) is 13.2 Å². The van der Waals surface area contributed by atoms with Crippen LogP contribution in [0.15, 0.2) is 41.8 Å². The third-order valence-electron chi connectivity index (χ3n) is 4.13. The first-order chi connectivity index (χ1) is 12.7. The van der Waals surface area contributed by atoms with Crippen LogP contribution in [0, 0.1) is 0 Å². The molecular weight excluding hydrogens is 354 g/mol. The lowest BCUT2D eigenvalue weighted by molar-refractivity contribution is -0.130. The number of nitrogens with one attached hydrogen (secondary N) is 1. The molecule has 7 heteroatoms. The van der Waals surface area contributed by atoms with Crippen LogP contribution < -0.4 is 10.1 Å². The largest absolute Gasteiger partial charge is 0.496 e. The zero-order valence-electron chi connectivity index (χ0n) is 14.5. The number of rotatable bonds is 7. The van der Waals surface area contributed by atoms with Gasteiger partial charge in [0.2, 0.25) is 6.10 Å². The zero-order chi connectivity index (χ0) is 18.4. The minimum Gasteiger partial charge on any atom is -0.496 e. The molecule has 1 aromatic carbocycles. The van der Waals surface area contributed by atoms with Crippen LogP contribution in [0.1, 0.15) is 34.2 Å². The van der Waals surface area contributed by atoms with Gasteiger partial charge in [0.1, 0.15) is 10.6 Å². The van der Waals surface area contributed by atoms with E-state index in [1.54, 1.807) is 41.8 Å². The van der Waals surface area contributed by atoms with Crippen molar-refractivity contribution in [2.24, 2.45) is 0 Å². The van der Waals surface area contributed by atoms with Gasteiger partial charge in [-0.3, -0.25) is 4.79 Å². The summed E-state index contributed by atoms with van der Waals surface area (Å²) in [5, 5.41) is 4.62. The second-order valence-corrected chi connectivity index (χ2v) is 6.83. The highest BCUT2D eigenvalue weighted by molar-refractivity contribution is 7.11. The fourth-order valence-corrected chi connectivity index (χ4v) is 3.42. The van der Waals surface area contributed by atoms with Gasteiger partial charge < -0.3 is 19.5 Å². The summed E-state index contributed by atoms with van der Waals surface area (Å²) in [5.74, 6) is -0.443. The summed E-state index contributed by atoms with van der Waals surface area (Å²) < 4.78 is 16.4. The molecular formula is C19H21NO5S. The molecule has 1 fully saturated rings. The lowest BCUT2D eigenvalue weighted by Crippen LogP contribution is -2.37. The quantitative estimate of drug-likeness (QED) is 0.753. The fourth-order valence-electron chi connectivity index (χ4n) is 2.81. The van der Waals surface area contributed by atoms with Crippen molar-refractivity contribution >= 4 is 23.2 Å². The van der Waals surface area contributed by atoms with Crippen LogP contribution in [0.25, 0.3) is 0 Å². The topological polar surface area (TPSA) is 73.9 Å². The van der Waals surface area contributed by atoms with E-state index in [4.69, 9.17) is 14.2 Å². The van der Waals surface area contributed by atoms with Gasteiger partial charge >= 0.3 is 5.97 Å². The van der Waals surface area contributed by atoms with Crippen molar-refractivity contribution in [2.75, 3.05) is 20.3 Å². The van der Waals surface area contributed by atoms with E-state index in [9.17, 15) is 9.59 Å². The smallest absolute Gasteiger partial charge is 0.349 e. The first-order valence-electron chi connectivity index (χ1n) is 8.45. The SMILES string of the molecule is COc1ccccc1[C@H](OC(=O)c1cccs1)C(=O)NC[C@@H]1CCCO1. The van der Waals surface area contributed by atoms with Gasteiger partial charge in [0.15, 0.2) is 0 Å². The summed E-state index contributed by atoms with van der Waals surface area (Å²) in [6.07, 6.45) is 0.811. The second kappa shape index (κ2) is 8.82. The van der Waals surface area contributed by atoms with Crippen molar-refractivity contribution < 1.29 is 23.8 Å². The Morgan fingerprint density at radius 2 is 2.15 bits per heavy atom. The molecule has 0 spiro atoms. The average molecular weight is 375 g/mol. The number of amides is 1. The third kappa shape index (κ3) is 4.42. The normalized spacial score (nSPS) is 17.5. The highest BCUT2D eigenvalue weighted by atomic mass is 32.1. The number of carbonyl (C=O) groups excluding carboxylic acids is 2. The number of para-hydroxylation sites is 1. The number of methoxy groups -OCH3 is 1. The van der Waals surface area contributed by atoms with Crippen LogP contribution in [0.3, 0.4) is 0 Å². The third-order valence-corrected chi connectivity index (χ3v) is 4.98. The second-order valence-electron chi connectivity index (χ2n) is 5.88. The highest BCUT2D eigenvalue weighted by Gasteiger charge is 2.29. The number of hydrogen-bond acceptors (Lipinski definition) is 6. The number of hydrogen-bond donors (Lipinski definition) is 1. The Bertz CT molecular complexity index is 740. The van der Waals surface area contributed by atoms with E-state index in [2.05, 4.69) is 5.32 Å². The molecule has 0 aliphatic carbocycles. The summed E-state index contributed by atoms with van der Waals surface area (Å²) in [6.45, 7) is 1.10. The van der Waals surface area contributed by atoms with Crippen LogP contribution in [-0.2, 0) is 14.3 Å². The van der Waals surface area contributed by atoms with Crippen LogP contribution >= 0.6 is 11.3 Å². The van der Waals surface area contributed by atoms with Crippen LogP contribution in [0.4, 0.5) is 0 Å². The van der Waals surface area contributed by atoms with E-state index in [1.165, 1.54) is 18.4 Å². The van der Waals surface area contributed by atoms with Gasteiger partial charge in [0.25, 0.3) is 5.91 Å². The summed E-state index contributed by atoms with van der Waals surface area (Å²) in [5.41, 5.74) is 0.504. The van der Waals surface area contributed by atoms with Gasteiger partial charge in [-0.15, -0.1) is 11.3 Å². The van der Waals surface area contributed by atoms with Gasteiger partial charge in [-0.25, -0.2) is 4.79 Å². The average Bonchev–Trinajstić information content (AvgIpc) is 3.38. The molecule has 0 saturated carbocycles. The summed E-state index contributed by atoms with van der Waals surface area (Å²) in [7, 11) is 1.52. The number of thiophene rings is 1. The Morgan fingerprint density at radius 1 is 1.31 bits per heavy atom. The van der Waals surface area contributed by atoms with Crippen molar-refractivity contribution in [1.29, 1.82) is 0 Å². The lowest BCUT2D eigenvalue weighted by atomic mass is 10.1. The van der Waals surface area contributed by atoms with Crippen molar-refractivity contribution in [3.8, 4) is 5.75 Å². The number of ether oxygens (including phenoxy) is 3. The molecule has 1 saturated heterocycles. The van der Waals surface area contributed by atoms with Crippen molar-refractivity contribution in [3.63, 3.8) is 0 Å². The van der Waals surface area contributed by atoms with Crippen molar-refractivity contribution in [1.82, 2.24) is 5.32 Å². The summed E-state index contributed by atoms with van der Waals surface area (Å²) >= 11 is 1.27. The maximum atomic E-state index is 12.8. The Balaban J connectivity index is 1.78. The molecule has 3 rings (SSSR count). The molecule has 2 atom stereocenters. The van der Waals surface area contributed by atoms with Crippen molar-refractivity contribution in [3.05, 3.63) is 52.2 Å². The van der Waals surface area contributed by atoms with E-state index in [-0.39, 0.29) is 6.10 Å². The molecule has 1 aliphatic heterocycles. The number of esters is 1. The number of benzene rings is 1. The van der Waals surface area contributed by atoms with Crippen LogP contribution in [0.5, 0.6) is 5.75 Å². The molecule has 138 valence electrons. The first kappa shape index (κ1) is 18.4. The maximum absolute atomic E-state index is 12.8. The maximum Gasteiger partial charge on any atom is 0.349 e. The molecule has 1 aromatic heterocycles. The lowest BCUT2D eigenvalue weighted by Gasteiger charge is -2.20. The minimum atomic E-state index is -1.10. The van der Waals surface area contributed by atoms with Gasteiger partial charge in [-0.05, 0) is 30.4 Å². The Labute approximate surface area is 156 Å². The van der Waals surface area contributed by atoms with Crippen LogP contribution in [0.2, 0.25) is 0 Å². The molecule has 26 heavy (non-hydrogen) atoms. The molecule has 0 radical (unpaired) electrons. The summed E-state index contributed by atoms with van der Waals surface area (Å²) in [4.78, 5) is 25.6. The Kier molecular flexibility index (Phi) is 6.25. The fraction of sp³-hybridized carbons (Fsp3) is 0.368. The van der Waals surface area contributed by atoms with E-state index < -0.39 is 18.0 Å². The summed E-state index contributed by atoms with van der Waals surface area (Å²) in [6, 6.07) is 10.4. The molecule has 1 amide bonds. The Hall–Kier alpha value is -2.38. The molecule has 2 aromatic rings. The molecule has 0 unspecified atom stereocenters. The van der Waals surface area contributed by atoms with E-state index in [0.717, 1.165) is 12.8 Å². The molecule has 1 aliphatic rings. The van der Waals surface area contributed by atoms with Gasteiger partial charge in [-0.2, -0.15) is 0 Å². The minimum absolute atomic E-state index is 0.00488. The van der Waals surface area contributed by atoms with E-state index >= 15 is 0 Å². The number of carbonyl (C=O) groups is 2. The first-order valence-corrected chi connectivity index (χ1v) is 9.33. The molecule has 2 heterocycles. The molecule has 6 nitrogen and oxygen atoms in total. The monoisotopic (exact) mass is 375 g/mol. The van der Waals surface area contributed by atoms with Crippen molar-refractivity contribution in [2.45, 2.75) is 25.0 Å². The zero-order valence-corrected chi connectivity index (χ0v) is 15.3. The van der Waals surface area contributed by atoms with Gasteiger partial charge in [-0.1, -0.05) is 24.3 Å². The highest BCUT2D eigenvalue weighted by Crippen LogP contribution is 2.29. The standard InChI is InChI=1S/C19H21NO5S/c1-23-15-8-3-2-7-14(15)17(25-19(22)16-9-5-11-26-16)18(21)20-12-13-6-4-10-24-13/h2-3,5,7-9,11,13,17H,4,6,10,12H2,1H3,(H,20,21)/t13-,17-/m0/s1. The van der Waals surface area contributed by atoms with E-state index in [0.29, 0.717) is 29.3 Å². The van der Waals surface area contributed by atoms with Gasteiger partial charge in [0, 0.05) is 18.7 Å². The Morgan fingerprint density at radius 3 is 2.85 bits per heavy atom. The molecule has 1 N–H and O–H groups in total. The predicted molar refractivity (Wildman–Crippen MR) is 97.5 cm³/mol.